The van der Waals surface area contributed by atoms with Gasteiger partial charge in [-0.2, -0.15) is 0 Å². The number of aliphatic hydroxyl groups excluding tert-OH is 1. The third-order valence-electron chi connectivity index (χ3n) is 6.14. The van der Waals surface area contributed by atoms with Crippen LogP contribution in [0.4, 0.5) is 5.69 Å². The number of para-hydroxylation sites is 1. The first kappa shape index (κ1) is 21.5. The molecule has 160 valence electrons. The number of benzene rings is 3. The molecule has 0 bridgehead atoms. The van der Waals surface area contributed by atoms with Crippen molar-refractivity contribution in [2.45, 2.75) is 12.6 Å². The van der Waals surface area contributed by atoms with Gasteiger partial charge in [0.15, 0.2) is 0 Å². The number of hydrogen-bond donors (Lipinski definition) is 1. The van der Waals surface area contributed by atoms with E-state index in [1.165, 1.54) is 34.6 Å². The number of fused-ring (bicyclic) bond motifs is 3. The van der Waals surface area contributed by atoms with E-state index in [1.807, 2.05) is 0 Å². The number of halogens is 2. The molecule has 31 heavy (non-hydrogen) atoms. The first-order valence-electron chi connectivity index (χ1n) is 10.7. The minimum atomic E-state index is -0.402. The number of β-amino-alcohol motifs (C(OH)–C–C–N with tert-alkyl or cyclic N) is 1. The van der Waals surface area contributed by atoms with Crippen LogP contribution in [0.25, 0.3) is 21.8 Å². The van der Waals surface area contributed by atoms with Crippen LogP contribution in [0, 0.1) is 7.14 Å². The van der Waals surface area contributed by atoms with Crippen LogP contribution in [0.1, 0.15) is 0 Å². The molecule has 0 aliphatic carbocycles. The number of piperazine rings is 1. The number of hydrogen-bond acceptors (Lipinski definition) is 3. The fraction of sp³-hybridized carbons (Fsp3) is 0.280. The molecular formula is C25H25I2N3O. The summed E-state index contributed by atoms with van der Waals surface area (Å²) in [6.45, 7) is 5.29. The predicted octanol–water partition coefficient (Wildman–Crippen LogP) is 5.19. The zero-order valence-corrected chi connectivity index (χ0v) is 21.5. The van der Waals surface area contributed by atoms with Crippen molar-refractivity contribution < 1.29 is 5.11 Å². The van der Waals surface area contributed by atoms with E-state index in [1.54, 1.807) is 0 Å². The molecule has 1 N–H and O–H groups in total. The summed E-state index contributed by atoms with van der Waals surface area (Å²) in [5, 5.41) is 13.5. The quantitative estimate of drug-likeness (QED) is 0.306. The van der Waals surface area contributed by atoms with Gasteiger partial charge in [0, 0.05) is 67.4 Å². The Hall–Kier alpha value is -1.36. The lowest BCUT2D eigenvalue weighted by Gasteiger charge is -2.37. The van der Waals surface area contributed by atoms with E-state index in [9.17, 15) is 5.11 Å². The van der Waals surface area contributed by atoms with Crippen LogP contribution in [0.15, 0.2) is 66.7 Å². The summed E-state index contributed by atoms with van der Waals surface area (Å²) in [5.74, 6) is 0. The summed E-state index contributed by atoms with van der Waals surface area (Å²) in [6, 6.07) is 23.8. The molecule has 0 unspecified atom stereocenters. The molecule has 4 aromatic rings. The second-order valence-corrected chi connectivity index (χ2v) is 10.7. The van der Waals surface area contributed by atoms with Crippen LogP contribution >= 0.6 is 45.2 Å². The summed E-state index contributed by atoms with van der Waals surface area (Å²) in [7, 11) is 0. The molecule has 0 amide bonds. The van der Waals surface area contributed by atoms with Gasteiger partial charge in [-0.25, -0.2) is 0 Å². The summed E-state index contributed by atoms with van der Waals surface area (Å²) in [5.41, 5.74) is 3.69. The minimum absolute atomic E-state index is 0.402. The topological polar surface area (TPSA) is 31.6 Å². The highest BCUT2D eigenvalue weighted by atomic mass is 127. The molecule has 1 aliphatic heterocycles. The maximum absolute atomic E-state index is 11.0. The highest BCUT2D eigenvalue weighted by Gasteiger charge is 2.21. The van der Waals surface area contributed by atoms with Crippen molar-refractivity contribution in [3.05, 3.63) is 73.9 Å². The molecule has 1 saturated heterocycles. The molecule has 0 spiro atoms. The van der Waals surface area contributed by atoms with Gasteiger partial charge in [-0.1, -0.05) is 18.2 Å². The Balaban J connectivity index is 1.31. The van der Waals surface area contributed by atoms with E-state index < -0.39 is 6.10 Å². The van der Waals surface area contributed by atoms with Gasteiger partial charge in [0.1, 0.15) is 0 Å². The first-order valence-corrected chi connectivity index (χ1v) is 12.8. The van der Waals surface area contributed by atoms with Gasteiger partial charge in [0.25, 0.3) is 0 Å². The SMILES string of the molecule is O[C@@H](CN1CCN(c2ccccc2)CC1)Cn1c2ccc(I)cc2c2cc(I)ccc21. The van der Waals surface area contributed by atoms with Crippen LogP contribution < -0.4 is 4.90 Å². The molecule has 5 rings (SSSR count). The zero-order valence-electron chi connectivity index (χ0n) is 17.2. The highest BCUT2D eigenvalue weighted by molar-refractivity contribution is 14.1. The van der Waals surface area contributed by atoms with Crippen molar-refractivity contribution in [3.8, 4) is 0 Å². The van der Waals surface area contributed by atoms with Crippen molar-refractivity contribution >= 4 is 72.7 Å². The van der Waals surface area contributed by atoms with Gasteiger partial charge in [0.05, 0.1) is 12.6 Å². The van der Waals surface area contributed by atoms with Crippen molar-refractivity contribution in [2.24, 2.45) is 0 Å². The van der Waals surface area contributed by atoms with Crippen LogP contribution in [0.5, 0.6) is 0 Å². The fourth-order valence-electron chi connectivity index (χ4n) is 4.64. The Morgan fingerprint density at radius 3 is 1.90 bits per heavy atom. The fourth-order valence-corrected chi connectivity index (χ4v) is 5.62. The Bertz CT molecular complexity index is 1140. The largest absolute Gasteiger partial charge is 0.390 e. The number of nitrogens with zero attached hydrogens (tertiary/aromatic N) is 3. The van der Waals surface area contributed by atoms with E-state index >= 15 is 0 Å². The van der Waals surface area contributed by atoms with Gasteiger partial charge in [-0.3, -0.25) is 4.90 Å². The van der Waals surface area contributed by atoms with Gasteiger partial charge in [0.2, 0.25) is 0 Å². The lowest BCUT2D eigenvalue weighted by Crippen LogP contribution is -2.49. The Kier molecular flexibility index (Phi) is 6.41. The van der Waals surface area contributed by atoms with Gasteiger partial charge < -0.3 is 14.6 Å². The van der Waals surface area contributed by atoms with Gasteiger partial charge >= 0.3 is 0 Å². The summed E-state index contributed by atoms with van der Waals surface area (Å²) < 4.78 is 4.77. The molecule has 1 aromatic heterocycles. The van der Waals surface area contributed by atoms with E-state index in [2.05, 4.69) is 126 Å². The summed E-state index contributed by atoms with van der Waals surface area (Å²) in [6.07, 6.45) is -0.402. The molecule has 1 fully saturated rings. The van der Waals surface area contributed by atoms with Crippen molar-refractivity contribution in [2.75, 3.05) is 37.6 Å². The predicted molar refractivity (Wildman–Crippen MR) is 146 cm³/mol. The van der Waals surface area contributed by atoms with Crippen LogP contribution in [-0.2, 0) is 6.54 Å². The zero-order chi connectivity index (χ0) is 21.4. The number of anilines is 1. The van der Waals surface area contributed by atoms with Crippen molar-refractivity contribution in [1.29, 1.82) is 0 Å². The van der Waals surface area contributed by atoms with Gasteiger partial charge in [-0.15, -0.1) is 0 Å². The Morgan fingerprint density at radius 1 is 0.742 bits per heavy atom. The maximum Gasteiger partial charge on any atom is 0.0845 e. The number of aromatic nitrogens is 1. The van der Waals surface area contributed by atoms with Crippen molar-refractivity contribution in [1.82, 2.24) is 9.47 Å². The average Bonchev–Trinajstić information content (AvgIpc) is 3.07. The second kappa shape index (κ2) is 9.25. The van der Waals surface area contributed by atoms with E-state index in [-0.39, 0.29) is 0 Å². The smallest absolute Gasteiger partial charge is 0.0845 e. The molecule has 4 nitrogen and oxygen atoms in total. The van der Waals surface area contributed by atoms with Crippen LogP contribution in [0.3, 0.4) is 0 Å². The van der Waals surface area contributed by atoms with Gasteiger partial charge in [-0.05, 0) is 93.7 Å². The van der Waals surface area contributed by atoms with Crippen LogP contribution in [-0.4, -0.2) is 53.4 Å². The monoisotopic (exact) mass is 637 g/mol. The van der Waals surface area contributed by atoms with Crippen LogP contribution in [0.2, 0.25) is 0 Å². The maximum atomic E-state index is 11.0. The molecule has 1 atom stereocenters. The van der Waals surface area contributed by atoms with E-state index in [0.29, 0.717) is 13.1 Å². The minimum Gasteiger partial charge on any atom is -0.390 e. The Labute approximate surface area is 210 Å². The molecule has 2 heterocycles. The molecular weight excluding hydrogens is 612 g/mol. The van der Waals surface area contributed by atoms with Crippen molar-refractivity contribution in [3.63, 3.8) is 0 Å². The number of rotatable bonds is 5. The summed E-state index contributed by atoms with van der Waals surface area (Å²) >= 11 is 4.75. The lowest BCUT2D eigenvalue weighted by atomic mass is 10.2. The molecule has 3 aromatic carbocycles. The second-order valence-electron chi connectivity index (χ2n) is 8.21. The standard InChI is InChI=1S/C25H25I2N3O/c26-18-6-8-24-22(14-18)23-15-19(27)7-9-25(23)30(24)17-21(31)16-28-10-12-29(13-11-28)20-4-2-1-3-5-20/h1-9,14-15,21,31H,10-13,16-17H2/t21-/m0/s1. The highest BCUT2D eigenvalue weighted by Crippen LogP contribution is 2.31. The lowest BCUT2D eigenvalue weighted by molar-refractivity contribution is 0.0969. The molecule has 0 radical (unpaired) electrons. The van der Waals surface area contributed by atoms with E-state index in [4.69, 9.17) is 0 Å². The van der Waals surface area contributed by atoms with E-state index in [0.717, 1.165) is 26.2 Å². The number of aliphatic hydroxyl groups is 1. The molecule has 0 saturated carbocycles. The third kappa shape index (κ3) is 4.58. The first-order chi connectivity index (χ1) is 15.1. The third-order valence-corrected chi connectivity index (χ3v) is 7.49. The summed E-state index contributed by atoms with van der Waals surface area (Å²) in [4.78, 5) is 4.82. The molecule has 6 heteroatoms. The Morgan fingerprint density at radius 2 is 1.32 bits per heavy atom. The average molecular weight is 637 g/mol. The molecule has 1 aliphatic rings. The normalized spacial score (nSPS) is 16.3.